The molecule has 2 fully saturated rings. The number of H-pyrrole nitrogens is 1. The Hall–Kier alpha value is -4.68. The van der Waals surface area contributed by atoms with Gasteiger partial charge >= 0.3 is 0 Å². The summed E-state index contributed by atoms with van der Waals surface area (Å²) in [5, 5.41) is 16.9. The Bertz CT molecular complexity index is 1610. The Morgan fingerprint density at radius 2 is 1.88 bits per heavy atom. The molecule has 6 rings (SSSR count). The summed E-state index contributed by atoms with van der Waals surface area (Å²) in [6.07, 6.45) is 10.9. The lowest BCUT2D eigenvalue weighted by Gasteiger charge is -2.41. The van der Waals surface area contributed by atoms with Crippen molar-refractivity contribution in [1.82, 2.24) is 19.9 Å². The lowest BCUT2D eigenvalue weighted by molar-refractivity contribution is -0.111. The summed E-state index contributed by atoms with van der Waals surface area (Å²) in [6, 6.07) is 16.8. The van der Waals surface area contributed by atoms with Crippen LogP contribution in [0, 0.1) is 11.3 Å². The largest absolute Gasteiger partial charge is 0.371 e. The van der Waals surface area contributed by atoms with Crippen molar-refractivity contribution in [2.75, 3.05) is 41.7 Å². The average molecular weight is 547 g/mol. The topological polar surface area (TPSA) is 113 Å². The summed E-state index contributed by atoms with van der Waals surface area (Å²) >= 11 is 0. The number of aromatic nitrogens is 3. The molecule has 0 saturated carbocycles. The van der Waals surface area contributed by atoms with Crippen molar-refractivity contribution in [3.8, 4) is 17.3 Å². The van der Waals surface area contributed by atoms with Gasteiger partial charge in [-0.3, -0.25) is 4.79 Å². The minimum atomic E-state index is -0.297. The number of aromatic amines is 1. The van der Waals surface area contributed by atoms with E-state index in [1.807, 2.05) is 42.6 Å². The van der Waals surface area contributed by atoms with Crippen LogP contribution in [-0.2, 0) is 4.79 Å². The molecule has 0 unspecified atom stereocenters. The number of nitrogens with zero attached hydrogens (tertiary/aromatic N) is 5. The van der Waals surface area contributed by atoms with E-state index in [0.717, 1.165) is 48.1 Å². The van der Waals surface area contributed by atoms with Crippen LogP contribution in [0.25, 0.3) is 22.2 Å². The second-order valence-corrected chi connectivity index (χ2v) is 10.7. The molecule has 9 heteroatoms. The first-order chi connectivity index (χ1) is 20.1. The Morgan fingerprint density at radius 1 is 1.07 bits per heavy atom. The highest BCUT2D eigenvalue weighted by molar-refractivity contribution is 6.02. The maximum atomic E-state index is 12.4. The molecule has 0 radical (unpaired) electrons. The zero-order valence-electron chi connectivity index (χ0n) is 23.1. The van der Waals surface area contributed by atoms with Gasteiger partial charge < -0.3 is 25.4 Å². The van der Waals surface area contributed by atoms with Crippen LogP contribution >= 0.6 is 0 Å². The summed E-state index contributed by atoms with van der Waals surface area (Å²) in [6.45, 7) is 8.03. The molecule has 0 aliphatic carbocycles. The fourth-order valence-electron chi connectivity index (χ4n) is 6.01. The van der Waals surface area contributed by atoms with Gasteiger partial charge in [0.05, 0.1) is 28.8 Å². The molecule has 2 aromatic carbocycles. The first-order valence-electron chi connectivity index (χ1n) is 14.3. The molecular formula is C32H34N8O. The Morgan fingerprint density at radius 3 is 2.66 bits per heavy atom. The first kappa shape index (κ1) is 26.5. The van der Waals surface area contributed by atoms with Crippen molar-refractivity contribution < 1.29 is 4.79 Å². The number of carbonyl (C=O) groups is 1. The highest BCUT2D eigenvalue weighted by atomic mass is 16.1. The molecule has 3 N–H and O–H groups in total. The predicted octanol–water partition coefficient (Wildman–Crippen LogP) is 5.82. The van der Waals surface area contributed by atoms with Gasteiger partial charge in [-0.2, -0.15) is 5.26 Å². The molecule has 2 aromatic heterocycles. The van der Waals surface area contributed by atoms with Gasteiger partial charge in [-0.05, 0) is 69.1 Å². The van der Waals surface area contributed by atoms with E-state index in [-0.39, 0.29) is 5.91 Å². The predicted molar refractivity (Wildman–Crippen MR) is 163 cm³/mol. The molecular weight excluding hydrogens is 512 g/mol. The standard InChI is InChI=1S/C32H34N8O/c1-2-30(41)36-29-18-24(40-16-12-23(13-17-40)39-14-6-3-7-15-39)10-11-28(29)37-32-35-20-22(19-33)31(38-32)26-21-34-27-9-5-4-8-25(26)27/h2,4-5,8-11,18,20-21,23,34H,1,3,6-7,12-17H2,(H,36,41)(H,35,37,38). The van der Waals surface area contributed by atoms with Crippen molar-refractivity contribution >= 4 is 39.8 Å². The number of benzene rings is 2. The van der Waals surface area contributed by atoms with Crippen molar-refractivity contribution in [1.29, 1.82) is 5.26 Å². The van der Waals surface area contributed by atoms with Gasteiger partial charge in [-0.1, -0.05) is 31.2 Å². The molecule has 41 heavy (non-hydrogen) atoms. The minimum absolute atomic E-state index is 0.297. The summed E-state index contributed by atoms with van der Waals surface area (Å²) in [7, 11) is 0. The SMILES string of the molecule is C=CC(=O)Nc1cc(N2CCC(N3CCCCC3)CC2)ccc1Nc1ncc(C#N)c(-c2c[nH]c3ccccc23)n1. The Labute approximate surface area is 239 Å². The van der Waals surface area contributed by atoms with Crippen LogP contribution in [0.3, 0.4) is 0 Å². The lowest BCUT2D eigenvalue weighted by Crippen LogP contribution is -2.46. The lowest BCUT2D eigenvalue weighted by atomic mass is 9.99. The molecule has 4 heterocycles. The number of nitrogens with one attached hydrogen (secondary N) is 3. The van der Waals surface area contributed by atoms with Crippen LogP contribution < -0.4 is 15.5 Å². The second-order valence-electron chi connectivity index (χ2n) is 10.7. The molecule has 0 spiro atoms. The molecule has 0 atom stereocenters. The van der Waals surface area contributed by atoms with E-state index in [2.05, 4.69) is 49.1 Å². The van der Waals surface area contributed by atoms with Gasteiger partial charge in [0.1, 0.15) is 6.07 Å². The van der Waals surface area contributed by atoms with Crippen molar-refractivity contribution in [3.63, 3.8) is 0 Å². The van der Waals surface area contributed by atoms with Gasteiger partial charge in [0.25, 0.3) is 0 Å². The van der Waals surface area contributed by atoms with Gasteiger partial charge in [0, 0.05) is 47.5 Å². The normalized spacial score (nSPS) is 16.3. The van der Waals surface area contributed by atoms with E-state index in [4.69, 9.17) is 4.98 Å². The Kier molecular flexibility index (Phi) is 7.65. The number of anilines is 4. The third-order valence-corrected chi connectivity index (χ3v) is 8.18. The van der Waals surface area contributed by atoms with E-state index >= 15 is 0 Å². The number of nitriles is 1. The van der Waals surface area contributed by atoms with Crippen LogP contribution in [0.1, 0.15) is 37.7 Å². The maximum Gasteiger partial charge on any atom is 0.247 e. The fraction of sp³-hybridized carbons (Fsp3) is 0.312. The Balaban J connectivity index is 1.25. The summed E-state index contributed by atoms with van der Waals surface area (Å²) < 4.78 is 0. The quantitative estimate of drug-likeness (QED) is 0.250. The van der Waals surface area contributed by atoms with E-state index in [9.17, 15) is 10.1 Å². The monoisotopic (exact) mass is 546 g/mol. The summed E-state index contributed by atoms with van der Waals surface area (Å²) in [4.78, 5) is 29.8. The van der Waals surface area contributed by atoms with E-state index in [1.54, 1.807) is 0 Å². The number of amides is 1. The first-order valence-corrected chi connectivity index (χ1v) is 14.3. The molecule has 2 aliphatic rings. The molecule has 4 aromatic rings. The molecule has 9 nitrogen and oxygen atoms in total. The number of likely N-dealkylation sites (tertiary alicyclic amines) is 1. The van der Waals surface area contributed by atoms with Crippen molar-refractivity contribution in [3.05, 3.63) is 73.1 Å². The smallest absolute Gasteiger partial charge is 0.247 e. The highest BCUT2D eigenvalue weighted by Crippen LogP contribution is 2.34. The van der Waals surface area contributed by atoms with Crippen LogP contribution in [0.4, 0.5) is 23.0 Å². The number of hydrogen-bond acceptors (Lipinski definition) is 7. The van der Waals surface area contributed by atoms with E-state index < -0.39 is 0 Å². The van der Waals surface area contributed by atoms with Crippen molar-refractivity contribution in [2.24, 2.45) is 0 Å². The molecule has 2 saturated heterocycles. The van der Waals surface area contributed by atoms with Crippen LogP contribution in [0.2, 0.25) is 0 Å². The number of para-hydroxylation sites is 1. The van der Waals surface area contributed by atoms with Crippen LogP contribution in [0.5, 0.6) is 0 Å². The van der Waals surface area contributed by atoms with Gasteiger partial charge in [0.2, 0.25) is 11.9 Å². The third-order valence-electron chi connectivity index (χ3n) is 8.18. The number of fused-ring (bicyclic) bond motifs is 1. The van der Waals surface area contributed by atoms with E-state index in [1.165, 1.54) is 44.6 Å². The molecule has 0 bridgehead atoms. The number of piperidine rings is 2. The number of carbonyl (C=O) groups excluding carboxylic acids is 1. The third kappa shape index (κ3) is 5.65. The fourth-order valence-corrected chi connectivity index (χ4v) is 6.01. The van der Waals surface area contributed by atoms with Crippen molar-refractivity contribution in [2.45, 2.75) is 38.1 Å². The van der Waals surface area contributed by atoms with Gasteiger partial charge in [0.15, 0.2) is 0 Å². The van der Waals surface area contributed by atoms with Gasteiger partial charge in [-0.25, -0.2) is 9.97 Å². The maximum absolute atomic E-state index is 12.4. The van der Waals surface area contributed by atoms with Crippen LogP contribution in [0.15, 0.2) is 67.5 Å². The van der Waals surface area contributed by atoms with E-state index in [0.29, 0.717) is 34.6 Å². The number of hydrogen-bond donors (Lipinski definition) is 3. The van der Waals surface area contributed by atoms with Crippen LogP contribution in [-0.4, -0.2) is 58.0 Å². The summed E-state index contributed by atoms with van der Waals surface area (Å²) in [5.74, 6) is 0.0303. The number of rotatable bonds is 7. The zero-order chi connectivity index (χ0) is 28.2. The van der Waals surface area contributed by atoms with Gasteiger partial charge in [-0.15, -0.1) is 0 Å². The highest BCUT2D eigenvalue weighted by Gasteiger charge is 2.26. The second kappa shape index (κ2) is 11.8. The minimum Gasteiger partial charge on any atom is -0.371 e. The molecule has 208 valence electrons. The molecule has 1 amide bonds. The average Bonchev–Trinajstić information content (AvgIpc) is 3.46. The summed E-state index contributed by atoms with van der Waals surface area (Å²) in [5.41, 5.74) is 5.04. The zero-order valence-corrected chi connectivity index (χ0v) is 23.1. The molecule has 2 aliphatic heterocycles.